The molecule has 0 heterocycles. The first-order chi connectivity index (χ1) is 4.22. The van der Waals surface area contributed by atoms with E-state index >= 15 is 0 Å². The zero-order valence-electron chi connectivity index (χ0n) is 5.85. The summed E-state index contributed by atoms with van der Waals surface area (Å²) in [4.78, 5) is 0. The van der Waals surface area contributed by atoms with E-state index < -0.39 is 0 Å². The fourth-order valence-electron chi connectivity index (χ4n) is 0.449. The van der Waals surface area contributed by atoms with Crippen molar-refractivity contribution in [3.8, 4) is 0 Å². The Balaban J connectivity index is 4.01. The molecule has 0 fully saturated rings. The maximum atomic E-state index is 5.53. The Morgan fingerprint density at radius 1 is 1.67 bits per heavy atom. The van der Waals surface area contributed by atoms with E-state index in [0.29, 0.717) is 0 Å². The minimum absolute atomic E-state index is 0.729. The molecule has 0 unspecified atom stereocenters. The molecule has 0 saturated carbocycles. The monoisotopic (exact) mass is 123 g/mol. The molecule has 0 spiro atoms. The smallest absolute Gasteiger partial charge is 0.0340 e. The minimum Gasteiger partial charge on any atom is -0.399 e. The summed E-state index contributed by atoms with van der Waals surface area (Å²) in [6, 6.07) is 0. The van der Waals surface area contributed by atoms with Crippen LogP contribution < -0.4 is 5.73 Å². The van der Waals surface area contributed by atoms with Crippen molar-refractivity contribution in [1.82, 2.24) is 0 Å². The molecule has 0 amide bonds. The summed E-state index contributed by atoms with van der Waals surface area (Å²) in [5, 5.41) is 0. The summed E-state index contributed by atoms with van der Waals surface area (Å²) in [7, 11) is 0. The third kappa shape index (κ3) is 2.75. The summed E-state index contributed by atoms with van der Waals surface area (Å²) < 4.78 is 0. The van der Waals surface area contributed by atoms with Gasteiger partial charge >= 0.3 is 0 Å². The van der Waals surface area contributed by atoms with Crippen molar-refractivity contribution in [3.63, 3.8) is 0 Å². The van der Waals surface area contributed by atoms with Gasteiger partial charge in [0.25, 0.3) is 0 Å². The Hall–Kier alpha value is -0.980. The highest BCUT2D eigenvalue weighted by molar-refractivity contribution is 5.27. The van der Waals surface area contributed by atoms with Crippen LogP contribution in [0, 0.1) is 0 Å². The van der Waals surface area contributed by atoms with Gasteiger partial charge in [0.15, 0.2) is 0 Å². The van der Waals surface area contributed by atoms with Gasteiger partial charge in [-0.1, -0.05) is 26.2 Å². The van der Waals surface area contributed by atoms with E-state index in [4.69, 9.17) is 5.73 Å². The molecule has 0 aromatic rings. The van der Waals surface area contributed by atoms with E-state index in [-0.39, 0.29) is 0 Å². The number of hydrogen-bond donors (Lipinski definition) is 1. The van der Waals surface area contributed by atoms with Gasteiger partial charge in [-0.3, -0.25) is 0 Å². The van der Waals surface area contributed by atoms with Crippen molar-refractivity contribution in [2.24, 2.45) is 5.73 Å². The van der Waals surface area contributed by atoms with Crippen molar-refractivity contribution in [2.45, 2.75) is 13.3 Å². The van der Waals surface area contributed by atoms with Gasteiger partial charge in [0, 0.05) is 5.70 Å². The van der Waals surface area contributed by atoms with Gasteiger partial charge in [-0.05, 0) is 18.1 Å². The molecule has 0 saturated heterocycles. The summed E-state index contributed by atoms with van der Waals surface area (Å²) in [6.07, 6.45) is 4.32. The normalized spacial score (nSPS) is 11.0. The van der Waals surface area contributed by atoms with E-state index in [1.165, 1.54) is 0 Å². The average molecular weight is 123 g/mol. The lowest BCUT2D eigenvalue weighted by Gasteiger charge is -1.98. The van der Waals surface area contributed by atoms with Crippen LogP contribution in [0.4, 0.5) is 0 Å². The first-order valence-electron chi connectivity index (χ1n) is 2.98. The SMILES string of the molecule is C=C/C=C(/N)C(=C)CC. The molecule has 0 aromatic carbocycles. The highest BCUT2D eigenvalue weighted by Crippen LogP contribution is 2.03. The molecule has 9 heavy (non-hydrogen) atoms. The Kier molecular flexibility index (Phi) is 3.52. The second-order valence-corrected chi connectivity index (χ2v) is 1.81. The van der Waals surface area contributed by atoms with Crippen LogP contribution in [0.15, 0.2) is 36.6 Å². The summed E-state index contributed by atoms with van der Waals surface area (Å²) in [5.41, 5.74) is 7.23. The Labute approximate surface area is 56.6 Å². The molecule has 2 N–H and O–H groups in total. The average Bonchev–Trinajstić information content (AvgIpc) is 1.87. The number of rotatable bonds is 3. The highest BCUT2D eigenvalue weighted by atomic mass is 14.6. The van der Waals surface area contributed by atoms with Crippen LogP contribution in [0.1, 0.15) is 13.3 Å². The molecule has 0 rings (SSSR count). The summed E-state index contributed by atoms with van der Waals surface area (Å²) in [6.45, 7) is 9.29. The maximum absolute atomic E-state index is 5.53. The molecule has 1 nitrogen and oxygen atoms in total. The predicted molar refractivity (Wildman–Crippen MR) is 41.9 cm³/mol. The van der Waals surface area contributed by atoms with Gasteiger partial charge in [-0.15, -0.1) is 0 Å². The lowest BCUT2D eigenvalue weighted by atomic mass is 10.2. The molecule has 50 valence electrons. The van der Waals surface area contributed by atoms with Gasteiger partial charge in [0.2, 0.25) is 0 Å². The maximum Gasteiger partial charge on any atom is 0.0340 e. The molecule has 0 bridgehead atoms. The van der Waals surface area contributed by atoms with E-state index in [2.05, 4.69) is 13.2 Å². The van der Waals surface area contributed by atoms with Crippen molar-refractivity contribution in [3.05, 3.63) is 36.6 Å². The zero-order chi connectivity index (χ0) is 7.28. The molecule has 0 radical (unpaired) electrons. The second kappa shape index (κ2) is 3.96. The van der Waals surface area contributed by atoms with E-state index in [9.17, 15) is 0 Å². The minimum atomic E-state index is 0.729. The van der Waals surface area contributed by atoms with Crippen molar-refractivity contribution >= 4 is 0 Å². The quantitative estimate of drug-likeness (QED) is 0.570. The first kappa shape index (κ1) is 8.02. The Morgan fingerprint density at radius 2 is 2.22 bits per heavy atom. The van der Waals surface area contributed by atoms with Gasteiger partial charge < -0.3 is 5.73 Å². The van der Waals surface area contributed by atoms with Crippen molar-refractivity contribution < 1.29 is 0 Å². The molecule has 0 aliphatic rings. The lowest BCUT2D eigenvalue weighted by molar-refractivity contribution is 1.10. The summed E-state index contributed by atoms with van der Waals surface area (Å²) >= 11 is 0. The van der Waals surface area contributed by atoms with Crippen LogP contribution in [-0.4, -0.2) is 0 Å². The fourth-order valence-corrected chi connectivity index (χ4v) is 0.449. The molecular formula is C8H13N. The standard InChI is InChI=1S/C8H13N/c1-4-6-8(9)7(3)5-2/h4,6H,1,3,5,9H2,2H3/b8-6+. The van der Waals surface area contributed by atoms with Crippen LogP contribution in [-0.2, 0) is 0 Å². The van der Waals surface area contributed by atoms with Gasteiger partial charge in [-0.2, -0.15) is 0 Å². The van der Waals surface area contributed by atoms with Crippen LogP contribution >= 0.6 is 0 Å². The van der Waals surface area contributed by atoms with Gasteiger partial charge in [0.1, 0.15) is 0 Å². The van der Waals surface area contributed by atoms with Gasteiger partial charge in [-0.25, -0.2) is 0 Å². The van der Waals surface area contributed by atoms with Crippen LogP contribution in [0.2, 0.25) is 0 Å². The Bertz CT molecular complexity index is 143. The van der Waals surface area contributed by atoms with E-state index in [0.717, 1.165) is 17.7 Å². The zero-order valence-corrected chi connectivity index (χ0v) is 5.85. The molecule has 1 heteroatoms. The molecule has 0 aromatic heterocycles. The third-order valence-corrected chi connectivity index (χ3v) is 1.13. The highest BCUT2D eigenvalue weighted by Gasteiger charge is 1.89. The topological polar surface area (TPSA) is 26.0 Å². The fraction of sp³-hybridized carbons (Fsp3) is 0.250. The van der Waals surface area contributed by atoms with Crippen molar-refractivity contribution in [2.75, 3.05) is 0 Å². The number of allylic oxidation sites excluding steroid dienone is 3. The number of nitrogens with two attached hydrogens (primary N) is 1. The first-order valence-corrected chi connectivity index (χ1v) is 2.98. The molecule has 0 aliphatic carbocycles. The predicted octanol–water partition coefficient (Wildman–Crippen LogP) is 1.98. The van der Waals surface area contributed by atoms with E-state index in [1.807, 2.05) is 6.92 Å². The van der Waals surface area contributed by atoms with Crippen molar-refractivity contribution in [1.29, 1.82) is 0 Å². The van der Waals surface area contributed by atoms with Crippen LogP contribution in [0.25, 0.3) is 0 Å². The Morgan fingerprint density at radius 3 is 2.56 bits per heavy atom. The second-order valence-electron chi connectivity index (χ2n) is 1.81. The molecule has 0 aliphatic heterocycles. The lowest BCUT2D eigenvalue weighted by Crippen LogP contribution is -1.98. The summed E-state index contributed by atoms with van der Waals surface area (Å²) in [5.74, 6) is 0. The van der Waals surface area contributed by atoms with Gasteiger partial charge in [0.05, 0.1) is 0 Å². The number of hydrogen-bond acceptors (Lipinski definition) is 1. The van der Waals surface area contributed by atoms with E-state index in [1.54, 1.807) is 12.2 Å². The third-order valence-electron chi connectivity index (χ3n) is 1.13. The largest absolute Gasteiger partial charge is 0.399 e. The molecular weight excluding hydrogens is 110 g/mol. The van der Waals surface area contributed by atoms with Crippen LogP contribution in [0.5, 0.6) is 0 Å². The van der Waals surface area contributed by atoms with Crippen LogP contribution in [0.3, 0.4) is 0 Å². The molecule has 0 atom stereocenters.